The number of carbonyl (C=O) groups excluding carboxylic acids is 1. The normalized spacial score (nSPS) is 20.0. The predicted molar refractivity (Wildman–Crippen MR) is 110 cm³/mol. The molecule has 0 bridgehead atoms. The van der Waals surface area contributed by atoms with E-state index in [-0.39, 0.29) is 18.5 Å². The third-order valence-electron chi connectivity index (χ3n) is 4.95. The molecule has 1 saturated heterocycles. The molecular formula is C20H35N5O3. The Bertz CT molecular complexity index is 628. The quantitative estimate of drug-likeness (QED) is 0.329. The van der Waals surface area contributed by atoms with Crippen molar-refractivity contribution < 1.29 is 14.3 Å². The van der Waals surface area contributed by atoms with Crippen LogP contribution in [0.1, 0.15) is 38.9 Å². The zero-order valence-corrected chi connectivity index (χ0v) is 17.6. The Kier molecular flexibility index (Phi) is 8.32. The SMILES string of the molecule is CCNC(=NCC(C)(O)c1ccco1)NCCCN1CCCC1C(=O)N(C)C. The molecule has 1 fully saturated rings. The van der Waals surface area contributed by atoms with Crippen LogP contribution in [0.2, 0.25) is 0 Å². The number of likely N-dealkylation sites (N-methyl/N-ethyl adjacent to an activating group) is 1. The van der Waals surface area contributed by atoms with Gasteiger partial charge in [-0.3, -0.25) is 9.69 Å². The molecule has 158 valence electrons. The highest BCUT2D eigenvalue weighted by Crippen LogP contribution is 2.21. The Morgan fingerprint density at radius 3 is 2.89 bits per heavy atom. The summed E-state index contributed by atoms with van der Waals surface area (Å²) in [7, 11) is 3.63. The van der Waals surface area contributed by atoms with Gasteiger partial charge in [0.1, 0.15) is 11.4 Å². The molecular weight excluding hydrogens is 358 g/mol. The highest BCUT2D eigenvalue weighted by molar-refractivity contribution is 5.81. The zero-order valence-electron chi connectivity index (χ0n) is 17.6. The monoisotopic (exact) mass is 393 g/mol. The molecule has 8 nitrogen and oxygen atoms in total. The maximum absolute atomic E-state index is 12.3. The van der Waals surface area contributed by atoms with E-state index in [0.717, 1.165) is 45.4 Å². The fraction of sp³-hybridized carbons (Fsp3) is 0.700. The van der Waals surface area contributed by atoms with E-state index in [9.17, 15) is 9.90 Å². The first-order valence-corrected chi connectivity index (χ1v) is 10.1. The predicted octanol–water partition coefficient (Wildman–Crippen LogP) is 0.985. The number of rotatable bonds is 9. The van der Waals surface area contributed by atoms with Crippen LogP contribution in [-0.4, -0.2) is 79.6 Å². The topological polar surface area (TPSA) is 93.3 Å². The number of nitrogens with zero attached hydrogens (tertiary/aromatic N) is 3. The van der Waals surface area contributed by atoms with Crippen molar-refractivity contribution in [3.05, 3.63) is 24.2 Å². The largest absolute Gasteiger partial charge is 0.466 e. The van der Waals surface area contributed by atoms with E-state index in [0.29, 0.717) is 11.7 Å². The molecule has 2 heterocycles. The van der Waals surface area contributed by atoms with Crippen molar-refractivity contribution in [1.29, 1.82) is 0 Å². The first-order chi connectivity index (χ1) is 13.3. The molecule has 0 aromatic carbocycles. The lowest BCUT2D eigenvalue weighted by Gasteiger charge is -2.26. The van der Waals surface area contributed by atoms with Crippen LogP contribution >= 0.6 is 0 Å². The number of amides is 1. The lowest BCUT2D eigenvalue weighted by Crippen LogP contribution is -2.44. The van der Waals surface area contributed by atoms with Crippen LogP contribution in [-0.2, 0) is 10.4 Å². The molecule has 2 atom stereocenters. The number of carbonyl (C=O) groups is 1. The van der Waals surface area contributed by atoms with Crippen LogP contribution in [0.5, 0.6) is 0 Å². The molecule has 1 aliphatic rings. The van der Waals surface area contributed by atoms with E-state index in [1.54, 1.807) is 30.2 Å². The van der Waals surface area contributed by atoms with Gasteiger partial charge in [0.2, 0.25) is 5.91 Å². The molecule has 1 aromatic heterocycles. The van der Waals surface area contributed by atoms with Gasteiger partial charge in [-0.05, 0) is 51.8 Å². The first kappa shape index (κ1) is 22.2. The third kappa shape index (κ3) is 6.24. The van der Waals surface area contributed by atoms with E-state index in [4.69, 9.17) is 4.42 Å². The number of hydrogen-bond acceptors (Lipinski definition) is 5. The van der Waals surface area contributed by atoms with Crippen LogP contribution in [0.15, 0.2) is 27.8 Å². The Hall–Kier alpha value is -2.06. The Labute approximate surface area is 168 Å². The van der Waals surface area contributed by atoms with Crippen molar-refractivity contribution >= 4 is 11.9 Å². The standard InChI is InChI=1S/C20H35N5O3/c1-5-21-19(23-15-20(2,27)17-10-7-14-28-17)22-11-8-13-25-12-6-9-16(25)18(26)24(3)4/h7,10,14,16,27H,5-6,8-9,11-13,15H2,1-4H3,(H2,21,22,23). The summed E-state index contributed by atoms with van der Waals surface area (Å²) < 4.78 is 5.30. The van der Waals surface area contributed by atoms with Crippen LogP contribution in [0.3, 0.4) is 0 Å². The van der Waals surface area contributed by atoms with Gasteiger partial charge in [-0.25, -0.2) is 4.99 Å². The van der Waals surface area contributed by atoms with Gasteiger partial charge in [-0.2, -0.15) is 0 Å². The van der Waals surface area contributed by atoms with E-state index >= 15 is 0 Å². The Morgan fingerprint density at radius 2 is 2.25 bits per heavy atom. The molecule has 0 spiro atoms. The highest BCUT2D eigenvalue weighted by Gasteiger charge is 2.31. The van der Waals surface area contributed by atoms with Gasteiger partial charge in [-0.1, -0.05) is 0 Å². The minimum Gasteiger partial charge on any atom is -0.466 e. The van der Waals surface area contributed by atoms with Crippen LogP contribution in [0, 0.1) is 0 Å². The summed E-state index contributed by atoms with van der Waals surface area (Å²) in [5.41, 5.74) is -1.15. The van der Waals surface area contributed by atoms with Gasteiger partial charge in [0.15, 0.2) is 5.96 Å². The number of likely N-dealkylation sites (tertiary alicyclic amines) is 1. The molecule has 1 aliphatic heterocycles. The third-order valence-corrected chi connectivity index (χ3v) is 4.95. The summed E-state index contributed by atoms with van der Waals surface area (Å²) >= 11 is 0. The van der Waals surface area contributed by atoms with E-state index in [1.165, 1.54) is 0 Å². The average Bonchev–Trinajstić information content (AvgIpc) is 3.34. The van der Waals surface area contributed by atoms with Gasteiger partial charge < -0.3 is 25.1 Å². The molecule has 2 rings (SSSR count). The number of furan rings is 1. The van der Waals surface area contributed by atoms with Crippen LogP contribution in [0.4, 0.5) is 0 Å². The lowest BCUT2D eigenvalue weighted by atomic mass is 10.0. The fourth-order valence-corrected chi connectivity index (χ4v) is 3.40. The molecule has 28 heavy (non-hydrogen) atoms. The van der Waals surface area contributed by atoms with Gasteiger partial charge in [0.05, 0.1) is 18.8 Å². The van der Waals surface area contributed by atoms with Crippen molar-refractivity contribution in [2.75, 3.05) is 46.8 Å². The molecule has 2 unspecified atom stereocenters. The summed E-state index contributed by atoms with van der Waals surface area (Å²) in [4.78, 5) is 20.7. The van der Waals surface area contributed by atoms with Gasteiger partial charge >= 0.3 is 0 Å². The summed E-state index contributed by atoms with van der Waals surface area (Å²) in [6.45, 7) is 7.22. The van der Waals surface area contributed by atoms with E-state index in [1.807, 2.05) is 21.0 Å². The molecule has 1 amide bonds. The molecule has 0 aliphatic carbocycles. The second kappa shape index (κ2) is 10.5. The summed E-state index contributed by atoms with van der Waals surface area (Å²) in [6.07, 6.45) is 4.47. The van der Waals surface area contributed by atoms with E-state index in [2.05, 4.69) is 20.5 Å². The Morgan fingerprint density at radius 1 is 1.46 bits per heavy atom. The number of hydrogen-bond donors (Lipinski definition) is 3. The summed E-state index contributed by atoms with van der Waals surface area (Å²) in [6, 6.07) is 3.52. The molecule has 3 N–H and O–H groups in total. The fourth-order valence-electron chi connectivity index (χ4n) is 3.40. The molecule has 8 heteroatoms. The average molecular weight is 394 g/mol. The second-order valence-corrected chi connectivity index (χ2v) is 7.65. The number of guanidine groups is 1. The molecule has 0 saturated carbocycles. The highest BCUT2D eigenvalue weighted by atomic mass is 16.4. The summed E-state index contributed by atoms with van der Waals surface area (Å²) in [5, 5.41) is 17.0. The minimum absolute atomic E-state index is 0.0142. The van der Waals surface area contributed by atoms with Crippen molar-refractivity contribution in [3.8, 4) is 0 Å². The molecule has 0 radical (unpaired) electrons. The van der Waals surface area contributed by atoms with Crippen LogP contribution in [0.25, 0.3) is 0 Å². The second-order valence-electron chi connectivity index (χ2n) is 7.65. The van der Waals surface area contributed by atoms with Crippen molar-refractivity contribution in [1.82, 2.24) is 20.4 Å². The first-order valence-electron chi connectivity index (χ1n) is 10.1. The van der Waals surface area contributed by atoms with Crippen molar-refractivity contribution in [2.45, 2.75) is 44.8 Å². The number of nitrogens with one attached hydrogen (secondary N) is 2. The number of aliphatic imine (C=N–C) groups is 1. The lowest BCUT2D eigenvalue weighted by molar-refractivity contribution is -0.133. The Balaban J connectivity index is 1.80. The number of aliphatic hydroxyl groups is 1. The minimum atomic E-state index is -1.15. The van der Waals surface area contributed by atoms with Crippen LogP contribution < -0.4 is 10.6 Å². The van der Waals surface area contributed by atoms with Gasteiger partial charge in [0.25, 0.3) is 0 Å². The maximum Gasteiger partial charge on any atom is 0.239 e. The maximum atomic E-state index is 12.3. The summed E-state index contributed by atoms with van der Waals surface area (Å²) in [5.74, 6) is 1.36. The molecule has 1 aromatic rings. The van der Waals surface area contributed by atoms with Crippen molar-refractivity contribution in [2.24, 2.45) is 4.99 Å². The smallest absolute Gasteiger partial charge is 0.239 e. The van der Waals surface area contributed by atoms with Gasteiger partial charge in [0, 0.05) is 33.7 Å². The van der Waals surface area contributed by atoms with Gasteiger partial charge in [-0.15, -0.1) is 0 Å². The van der Waals surface area contributed by atoms with E-state index < -0.39 is 5.60 Å². The zero-order chi connectivity index (χ0) is 20.6. The van der Waals surface area contributed by atoms with Crippen molar-refractivity contribution in [3.63, 3.8) is 0 Å².